The number of nitrogens with zero attached hydrogens (tertiary/aromatic N) is 1. The second-order valence-corrected chi connectivity index (χ2v) is 3.68. The van der Waals surface area contributed by atoms with Crippen LogP contribution in [0, 0.1) is 11.6 Å². The third-order valence-electron chi connectivity index (χ3n) is 2.52. The molecule has 3 nitrogen and oxygen atoms in total. The van der Waals surface area contributed by atoms with Gasteiger partial charge in [0.25, 0.3) is 0 Å². The summed E-state index contributed by atoms with van der Waals surface area (Å²) in [7, 11) is 0. The zero-order valence-corrected chi connectivity index (χ0v) is 9.37. The van der Waals surface area contributed by atoms with Crippen LogP contribution < -0.4 is 5.32 Å². The van der Waals surface area contributed by atoms with E-state index in [-0.39, 0.29) is 6.04 Å². The summed E-state index contributed by atoms with van der Waals surface area (Å²) < 4.78 is 26.1. The highest BCUT2D eigenvalue weighted by atomic mass is 19.2. The van der Waals surface area contributed by atoms with Gasteiger partial charge in [-0.3, -0.25) is 5.10 Å². The van der Waals surface area contributed by atoms with Gasteiger partial charge in [-0.15, -0.1) is 0 Å². The van der Waals surface area contributed by atoms with Gasteiger partial charge in [-0.25, -0.2) is 8.78 Å². The van der Waals surface area contributed by atoms with Crippen LogP contribution >= 0.6 is 0 Å². The van der Waals surface area contributed by atoms with Crippen molar-refractivity contribution in [3.8, 4) is 0 Å². The number of aromatic nitrogens is 2. The predicted molar refractivity (Wildman–Crippen MR) is 60.5 cm³/mol. The van der Waals surface area contributed by atoms with E-state index in [0.717, 1.165) is 11.8 Å². The lowest BCUT2D eigenvalue weighted by Crippen LogP contribution is -2.22. The summed E-state index contributed by atoms with van der Waals surface area (Å²) in [5.41, 5.74) is 1.48. The van der Waals surface area contributed by atoms with Gasteiger partial charge in [0.1, 0.15) is 0 Å². The van der Waals surface area contributed by atoms with Crippen molar-refractivity contribution < 1.29 is 8.78 Å². The first-order valence-corrected chi connectivity index (χ1v) is 5.40. The fraction of sp³-hybridized carbons (Fsp3) is 0.250. The molecule has 0 radical (unpaired) electrons. The van der Waals surface area contributed by atoms with E-state index in [1.807, 2.05) is 6.92 Å². The zero-order valence-electron chi connectivity index (χ0n) is 9.37. The molecule has 0 aliphatic rings. The maximum atomic E-state index is 13.2. The van der Waals surface area contributed by atoms with Gasteiger partial charge < -0.3 is 5.32 Å². The minimum absolute atomic E-state index is 0.211. The minimum Gasteiger partial charge on any atom is -0.305 e. The summed E-state index contributed by atoms with van der Waals surface area (Å²) in [6.45, 7) is 2.66. The number of nitrogens with one attached hydrogen (secondary N) is 2. The molecule has 1 aromatic carbocycles. The molecule has 2 rings (SSSR count). The lowest BCUT2D eigenvalue weighted by molar-refractivity contribution is 0.503. The third-order valence-corrected chi connectivity index (χ3v) is 2.52. The molecule has 2 N–H and O–H groups in total. The molecular weight excluding hydrogens is 224 g/mol. The summed E-state index contributed by atoms with van der Waals surface area (Å²) in [5, 5.41) is 9.87. The monoisotopic (exact) mass is 237 g/mol. The van der Waals surface area contributed by atoms with Crippen molar-refractivity contribution in [2.24, 2.45) is 0 Å². The van der Waals surface area contributed by atoms with Crippen LogP contribution in [0.2, 0.25) is 0 Å². The number of benzene rings is 1. The van der Waals surface area contributed by atoms with Gasteiger partial charge >= 0.3 is 0 Å². The second kappa shape index (κ2) is 5.05. The first-order chi connectivity index (χ1) is 8.22. The molecule has 0 aliphatic heterocycles. The molecular formula is C12H13F2N3. The summed E-state index contributed by atoms with van der Waals surface area (Å²) in [6, 6.07) is 5.48. The lowest BCUT2D eigenvalue weighted by atomic mass is 10.0. The molecule has 0 spiro atoms. The number of hydrogen-bond acceptors (Lipinski definition) is 2. The molecule has 1 aromatic heterocycles. The van der Waals surface area contributed by atoms with Gasteiger partial charge in [0.15, 0.2) is 11.6 Å². The average Bonchev–Trinajstić information content (AvgIpc) is 2.83. The highest BCUT2D eigenvalue weighted by Crippen LogP contribution is 2.21. The molecule has 0 saturated carbocycles. The van der Waals surface area contributed by atoms with Crippen LogP contribution in [0.15, 0.2) is 30.5 Å². The highest BCUT2D eigenvalue weighted by molar-refractivity contribution is 5.28. The van der Waals surface area contributed by atoms with Crippen molar-refractivity contribution in [2.45, 2.75) is 13.0 Å². The Kier molecular flexibility index (Phi) is 3.49. The second-order valence-electron chi connectivity index (χ2n) is 3.68. The van der Waals surface area contributed by atoms with Crippen LogP contribution in [-0.4, -0.2) is 16.7 Å². The van der Waals surface area contributed by atoms with Gasteiger partial charge in [0.2, 0.25) is 0 Å². The minimum atomic E-state index is -0.843. The van der Waals surface area contributed by atoms with Gasteiger partial charge in [-0.1, -0.05) is 13.0 Å². The Morgan fingerprint density at radius 1 is 1.29 bits per heavy atom. The first kappa shape index (κ1) is 11.7. The molecule has 2 aromatic rings. The topological polar surface area (TPSA) is 40.7 Å². The molecule has 1 unspecified atom stereocenters. The lowest BCUT2D eigenvalue weighted by Gasteiger charge is -2.16. The fourth-order valence-electron chi connectivity index (χ4n) is 1.73. The van der Waals surface area contributed by atoms with Crippen molar-refractivity contribution >= 4 is 0 Å². The summed E-state index contributed by atoms with van der Waals surface area (Å²) in [5.74, 6) is -1.68. The Balaban J connectivity index is 2.35. The Labute approximate surface area is 97.9 Å². The molecule has 17 heavy (non-hydrogen) atoms. The van der Waals surface area contributed by atoms with Gasteiger partial charge in [-0.05, 0) is 30.3 Å². The average molecular weight is 237 g/mol. The molecule has 1 atom stereocenters. The number of H-pyrrole nitrogens is 1. The van der Waals surface area contributed by atoms with E-state index >= 15 is 0 Å². The van der Waals surface area contributed by atoms with Crippen LogP contribution in [-0.2, 0) is 0 Å². The van der Waals surface area contributed by atoms with E-state index in [1.165, 1.54) is 6.07 Å². The summed E-state index contributed by atoms with van der Waals surface area (Å²) in [6.07, 6.45) is 1.62. The molecule has 5 heteroatoms. The van der Waals surface area contributed by atoms with E-state index in [2.05, 4.69) is 15.5 Å². The fourth-order valence-corrected chi connectivity index (χ4v) is 1.73. The summed E-state index contributed by atoms with van der Waals surface area (Å²) in [4.78, 5) is 0. The van der Waals surface area contributed by atoms with Crippen LogP contribution in [0.25, 0.3) is 0 Å². The van der Waals surface area contributed by atoms with Gasteiger partial charge in [0.05, 0.1) is 11.7 Å². The number of halogens is 2. The Hall–Kier alpha value is -1.75. The van der Waals surface area contributed by atoms with Crippen LogP contribution in [0.1, 0.15) is 24.2 Å². The van der Waals surface area contributed by atoms with Crippen molar-refractivity contribution in [1.82, 2.24) is 15.5 Å². The van der Waals surface area contributed by atoms with E-state index in [9.17, 15) is 8.78 Å². The molecule has 0 amide bonds. The maximum Gasteiger partial charge on any atom is 0.159 e. The van der Waals surface area contributed by atoms with E-state index in [0.29, 0.717) is 12.1 Å². The highest BCUT2D eigenvalue weighted by Gasteiger charge is 2.15. The zero-order chi connectivity index (χ0) is 12.3. The molecule has 0 fully saturated rings. The molecule has 0 saturated heterocycles. The van der Waals surface area contributed by atoms with Crippen molar-refractivity contribution in [2.75, 3.05) is 6.54 Å². The maximum absolute atomic E-state index is 13.2. The Morgan fingerprint density at radius 2 is 2.12 bits per heavy atom. The Morgan fingerprint density at radius 3 is 2.71 bits per heavy atom. The molecule has 1 heterocycles. The standard InChI is InChI=1S/C12H13F2N3/c1-2-15-12(11-5-6-16-17-11)8-3-4-9(13)10(14)7-8/h3-7,12,15H,2H2,1H3,(H,16,17). The van der Waals surface area contributed by atoms with Gasteiger partial charge in [0, 0.05) is 6.20 Å². The molecule has 90 valence electrons. The van der Waals surface area contributed by atoms with Gasteiger partial charge in [-0.2, -0.15) is 5.10 Å². The van der Waals surface area contributed by atoms with Crippen LogP contribution in [0.4, 0.5) is 8.78 Å². The largest absolute Gasteiger partial charge is 0.305 e. The van der Waals surface area contributed by atoms with Crippen molar-refractivity contribution in [1.29, 1.82) is 0 Å². The summed E-state index contributed by atoms with van der Waals surface area (Å²) >= 11 is 0. The Bertz CT molecular complexity index is 483. The number of hydrogen-bond donors (Lipinski definition) is 2. The van der Waals surface area contributed by atoms with E-state index in [4.69, 9.17) is 0 Å². The SMILES string of the molecule is CCNC(c1ccc(F)c(F)c1)c1ccn[nH]1. The smallest absolute Gasteiger partial charge is 0.159 e. The van der Waals surface area contributed by atoms with Crippen molar-refractivity contribution in [3.63, 3.8) is 0 Å². The van der Waals surface area contributed by atoms with E-state index in [1.54, 1.807) is 18.3 Å². The predicted octanol–water partition coefficient (Wildman–Crippen LogP) is 2.39. The number of aromatic amines is 1. The van der Waals surface area contributed by atoms with Crippen LogP contribution in [0.3, 0.4) is 0 Å². The first-order valence-electron chi connectivity index (χ1n) is 5.40. The molecule has 0 aliphatic carbocycles. The normalized spacial score (nSPS) is 12.6. The third kappa shape index (κ3) is 2.50. The molecule has 0 bridgehead atoms. The van der Waals surface area contributed by atoms with Crippen LogP contribution in [0.5, 0.6) is 0 Å². The number of rotatable bonds is 4. The van der Waals surface area contributed by atoms with E-state index < -0.39 is 11.6 Å². The van der Waals surface area contributed by atoms with Crippen molar-refractivity contribution in [3.05, 3.63) is 53.4 Å². The quantitative estimate of drug-likeness (QED) is 0.857.